The molecular weight excluding hydrogens is 287 g/mol. The van der Waals surface area contributed by atoms with E-state index in [2.05, 4.69) is 10.6 Å². The molecule has 0 heterocycles. The van der Waals surface area contributed by atoms with Crippen molar-refractivity contribution in [3.63, 3.8) is 0 Å². The summed E-state index contributed by atoms with van der Waals surface area (Å²) in [6, 6.07) is 3.98. The second-order valence-electron chi connectivity index (χ2n) is 5.39. The number of rotatable bonds is 6. The van der Waals surface area contributed by atoms with Crippen LogP contribution in [0.2, 0.25) is 0 Å². The molecule has 0 fully saturated rings. The van der Waals surface area contributed by atoms with Gasteiger partial charge in [-0.1, -0.05) is 26.0 Å². The number of carbonyl (C=O) groups excluding carboxylic acids is 2. The third-order valence-electron chi connectivity index (χ3n) is 3.19. The van der Waals surface area contributed by atoms with Crippen LogP contribution in [0.3, 0.4) is 0 Å². The van der Waals surface area contributed by atoms with Crippen molar-refractivity contribution in [2.75, 3.05) is 6.61 Å². The van der Waals surface area contributed by atoms with Gasteiger partial charge in [0, 0.05) is 6.54 Å². The van der Waals surface area contributed by atoms with Crippen LogP contribution in [0, 0.1) is 18.7 Å². The Balaban J connectivity index is 2.63. The molecule has 22 heavy (non-hydrogen) atoms. The maximum atomic E-state index is 13.2. The first kappa shape index (κ1) is 17.9. The zero-order valence-electron chi connectivity index (χ0n) is 13.4. The molecule has 0 aromatic heterocycles. The maximum Gasteiger partial charge on any atom is 0.407 e. The number of halogens is 1. The lowest BCUT2D eigenvalue weighted by atomic mass is 10.0. The highest BCUT2D eigenvalue weighted by molar-refractivity contribution is 5.85. The Morgan fingerprint density at radius 3 is 2.55 bits per heavy atom. The minimum Gasteiger partial charge on any atom is -0.450 e. The fourth-order valence-electron chi connectivity index (χ4n) is 1.95. The first-order valence-corrected chi connectivity index (χ1v) is 7.31. The van der Waals surface area contributed by atoms with E-state index in [-0.39, 0.29) is 30.8 Å². The minimum atomic E-state index is -0.680. The van der Waals surface area contributed by atoms with Gasteiger partial charge in [-0.3, -0.25) is 4.79 Å². The fourth-order valence-corrected chi connectivity index (χ4v) is 1.95. The summed E-state index contributed by atoms with van der Waals surface area (Å²) in [5.74, 6) is -0.663. The average molecular weight is 310 g/mol. The molecule has 0 bridgehead atoms. The van der Waals surface area contributed by atoms with Crippen LogP contribution in [0.25, 0.3) is 0 Å². The fraction of sp³-hybridized carbons (Fsp3) is 0.500. The molecule has 122 valence electrons. The van der Waals surface area contributed by atoms with Crippen LogP contribution in [0.5, 0.6) is 0 Å². The van der Waals surface area contributed by atoms with Gasteiger partial charge in [-0.2, -0.15) is 0 Å². The summed E-state index contributed by atoms with van der Waals surface area (Å²) in [7, 11) is 0. The number of hydrogen-bond donors (Lipinski definition) is 2. The van der Waals surface area contributed by atoms with Crippen LogP contribution in [-0.4, -0.2) is 24.6 Å². The lowest BCUT2D eigenvalue weighted by Crippen LogP contribution is -2.49. The SMILES string of the molecule is CCOC(=O)N[C@H](C(=O)NCc1ccc(F)c(C)c1)C(C)C. The van der Waals surface area contributed by atoms with Crippen LogP contribution in [0.1, 0.15) is 31.9 Å². The van der Waals surface area contributed by atoms with Crippen LogP contribution in [-0.2, 0) is 16.1 Å². The van der Waals surface area contributed by atoms with E-state index >= 15 is 0 Å². The Morgan fingerprint density at radius 1 is 1.32 bits per heavy atom. The number of hydrogen-bond acceptors (Lipinski definition) is 3. The molecule has 1 rings (SSSR count). The van der Waals surface area contributed by atoms with Crippen LogP contribution in [0.4, 0.5) is 9.18 Å². The number of ether oxygens (including phenoxy) is 1. The molecule has 2 N–H and O–H groups in total. The molecular formula is C16H23FN2O3. The summed E-state index contributed by atoms with van der Waals surface area (Å²) >= 11 is 0. The van der Waals surface area contributed by atoms with Crippen molar-refractivity contribution in [1.29, 1.82) is 0 Å². The molecule has 1 aromatic rings. The van der Waals surface area contributed by atoms with Gasteiger partial charge < -0.3 is 15.4 Å². The Bertz CT molecular complexity index is 532. The van der Waals surface area contributed by atoms with Crippen molar-refractivity contribution < 1.29 is 18.7 Å². The summed E-state index contributed by atoms with van der Waals surface area (Å²) < 4.78 is 18.0. The smallest absolute Gasteiger partial charge is 0.407 e. The lowest BCUT2D eigenvalue weighted by molar-refractivity contribution is -0.124. The number of carbonyl (C=O) groups is 2. The van der Waals surface area contributed by atoms with Crippen molar-refractivity contribution in [1.82, 2.24) is 10.6 Å². The Labute approximate surface area is 130 Å². The molecule has 6 heteroatoms. The third kappa shape index (κ3) is 5.35. The molecule has 0 aliphatic carbocycles. The van der Waals surface area contributed by atoms with Crippen molar-refractivity contribution in [2.24, 2.45) is 5.92 Å². The zero-order valence-corrected chi connectivity index (χ0v) is 13.4. The summed E-state index contributed by atoms with van der Waals surface area (Å²) in [6.45, 7) is 7.54. The number of aryl methyl sites for hydroxylation is 1. The Kier molecular flexibility index (Phi) is 6.82. The standard InChI is InChI=1S/C16H23FN2O3/c1-5-22-16(21)19-14(10(2)3)15(20)18-9-12-6-7-13(17)11(4)8-12/h6-8,10,14H,5,9H2,1-4H3,(H,18,20)(H,19,21)/t14-/m0/s1. The van der Waals surface area contributed by atoms with Crippen LogP contribution in [0.15, 0.2) is 18.2 Å². The Hall–Kier alpha value is -2.11. The second-order valence-corrected chi connectivity index (χ2v) is 5.39. The predicted molar refractivity (Wildman–Crippen MR) is 81.8 cm³/mol. The summed E-state index contributed by atoms with van der Waals surface area (Å²) in [4.78, 5) is 23.7. The van der Waals surface area contributed by atoms with Crippen molar-refractivity contribution in [2.45, 2.75) is 40.3 Å². The minimum absolute atomic E-state index is 0.0839. The highest BCUT2D eigenvalue weighted by Crippen LogP contribution is 2.09. The molecule has 0 unspecified atom stereocenters. The van der Waals surface area contributed by atoms with E-state index in [9.17, 15) is 14.0 Å². The average Bonchev–Trinajstić information content (AvgIpc) is 2.45. The second kappa shape index (κ2) is 8.36. The molecule has 0 aliphatic rings. The quantitative estimate of drug-likeness (QED) is 0.848. The van der Waals surface area contributed by atoms with E-state index in [1.54, 1.807) is 26.0 Å². The number of benzene rings is 1. The highest BCUT2D eigenvalue weighted by atomic mass is 19.1. The molecule has 0 saturated heterocycles. The highest BCUT2D eigenvalue weighted by Gasteiger charge is 2.24. The van der Waals surface area contributed by atoms with Gasteiger partial charge in [0.15, 0.2) is 0 Å². The van der Waals surface area contributed by atoms with E-state index < -0.39 is 12.1 Å². The van der Waals surface area contributed by atoms with Crippen LogP contribution < -0.4 is 10.6 Å². The van der Waals surface area contributed by atoms with Crippen molar-refractivity contribution in [3.05, 3.63) is 35.1 Å². The monoisotopic (exact) mass is 310 g/mol. The largest absolute Gasteiger partial charge is 0.450 e. The molecule has 2 amide bonds. The molecule has 0 spiro atoms. The summed E-state index contributed by atoms with van der Waals surface area (Å²) in [5, 5.41) is 5.28. The van der Waals surface area contributed by atoms with E-state index in [4.69, 9.17) is 4.74 Å². The zero-order chi connectivity index (χ0) is 16.7. The van der Waals surface area contributed by atoms with Crippen molar-refractivity contribution in [3.8, 4) is 0 Å². The molecule has 1 atom stereocenters. The predicted octanol–water partition coefficient (Wildman–Crippen LogP) is 2.52. The van der Waals surface area contributed by atoms with Gasteiger partial charge in [0.25, 0.3) is 0 Å². The van der Waals surface area contributed by atoms with Crippen LogP contribution >= 0.6 is 0 Å². The number of nitrogens with one attached hydrogen (secondary N) is 2. The molecule has 0 saturated carbocycles. The normalized spacial score (nSPS) is 11.9. The number of amides is 2. The first-order chi connectivity index (χ1) is 10.3. The summed E-state index contributed by atoms with van der Waals surface area (Å²) in [5.41, 5.74) is 1.32. The lowest BCUT2D eigenvalue weighted by Gasteiger charge is -2.21. The number of alkyl carbamates (subject to hydrolysis) is 1. The van der Waals surface area contributed by atoms with E-state index in [0.717, 1.165) is 5.56 Å². The maximum absolute atomic E-state index is 13.2. The first-order valence-electron chi connectivity index (χ1n) is 7.31. The van der Waals surface area contributed by atoms with Crippen molar-refractivity contribution >= 4 is 12.0 Å². The van der Waals surface area contributed by atoms with E-state index in [1.165, 1.54) is 6.07 Å². The molecule has 0 radical (unpaired) electrons. The van der Waals surface area contributed by atoms with E-state index in [1.807, 2.05) is 13.8 Å². The van der Waals surface area contributed by atoms with E-state index in [0.29, 0.717) is 5.56 Å². The van der Waals surface area contributed by atoms with Gasteiger partial charge in [-0.15, -0.1) is 0 Å². The van der Waals surface area contributed by atoms with Gasteiger partial charge >= 0.3 is 6.09 Å². The molecule has 1 aromatic carbocycles. The van der Waals surface area contributed by atoms with Gasteiger partial charge in [0.2, 0.25) is 5.91 Å². The van der Waals surface area contributed by atoms with Gasteiger partial charge in [-0.25, -0.2) is 9.18 Å². The third-order valence-corrected chi connectivity index (χ3v) is 3.19. The Morgan fingerprint density at radius 2 is 2.00 bits per heavy atom. The van der Waals surface area contributed by atoms with Gasteiger partial charge in [0.1, 0.15) is 11.9 Å². The topological polar surface area (TPSA) is 67.4 Å². The molecule has 5 nitrogen and oxygen atoms in total. The summed E-state index contributed by atoms with van der Waals surface area (Å²) in [6.07, 6.45) is -0.617. The molecule has 0 aliphatic heterocycles. The van der Waals surface area contributed by atoms with Gasteiger partial charge in [0.05, 0.1) is 6.61 Å². The van der Waals surface area contributed by atoms with Gasteiger partial charge in [-0.05, 0) is 37.0 Å².